The number of nitrogens with one attached hydrogen (secondary N) is 1. The Morgan fingerprint density at radius 3 is 2.67 bits per heavy atom. The standard InChI is InChI=1S/C32H33N5O5/c1-31(9-11-35(12-10-31)30(41)32-14-21(15-32)42-18-32)36-17-19(16-33-36)13-20-5-6-24-27-22(20)3-2-4-23(27)29(40)37(24)25-7-8-26(38)34-28(25)39/h2-6,16-17,21,25H,7-15,18H2,1H3,(H,34,38,39)/t21?,25-,32?/m1/s1. The number of fused-ring (bicyclic) bond motifs is 1. The van der Waals surface area contributed by atoms with Gasteiger partial charge < -0.3 is 9.64 Å². The van der Waals surface area contributed by atoms with Crippen molar-refractivity contribution in [3.05, 3.63) is 59.4 Å². The number of aromatic nitrogens is 2. The maximum Gasteiger partial charge on any atom is 0.259 e. The highest BCUT2D eigenvalue weighted by atomic mass is 16.5. The van der Waals surface area contributed by atoms with E-state index in [4.69, 9.17) is 9.84 Å². The van der Waals surface area contributed by atoms with Crippen molar-refractivity contribution in [3.8, 4) is 0 Å². The van der Waals surface area contributed by atoms with Gasteiger partial charge in [-0.05, 0) is 67.7 Å². The molecule has 0 radical (unpaired) electrons. The quantitative estimate of drug-likeness (QED) is 0.475. The van der Waals surface area contributed by atoms with Gasteiger partial charge in [-0.25, -0.2) is 0 Å². The minimum atomic E-state index is -0.700. The van der Waals surface area contributed by atoms with E-state index in [0.29, 0.717) is 25.0 Å². The topological polar surface area (TPSA) is 114 Å². The molecule has 2 bridgehead atoms. The molecule has 6 heterocycles. The third-order valence-corrected chi connectivity index (χ3v) is 10.3. The van der Waals surface area contributed by atoms with Crippen molar-refractivity contribution >= 4 is 40.1 Å². The molecule has 1 atom stereocenters. The van der Waals surface area contributed by atoms with Gasteiger partial charge in [-0.15, -0.1) is 0 Å². The van der Waals surface area contributed by atoms with Crippen LogP contribution in [0.4, 0.5) is 5.69 Å². The molecule has 10 nitrogen and oxygen atoms in total. The monoisotopic (exact) mass is 567 g/mol. The summed E-state index contributed by atoms with van der Waals surface area (Å²) in [5.74, 6) is -0.666. The summed E-state index contributed by atoms with van der Waals surface area (Å²) in [6.07, 6.45) is 8.94. The van der Waals surface area contributed by atoms with Crippen LogP contribution < -0.4 is 10.2 Å². The molecule has 0 unspecified atom stereocenters. The highest BCUT2D eigenvalue weighted by molar-refractivity contribution is 6.27. The lowest BCUT2D eigenvalue weighted by Crippen LogP contribution is -2.54. The summed E-state index contributed by atoms with van der Waals surface area (Å²) in [4.78, 5) is 54.6. The van der Waals surface area contributed by atoms with Crippen LogP contribution in [0.2, 0.25) is 0 Å². The predicted molar refractivity (Wildman–Crippen MR) is 153 cm³/mol. The summed E-state index contributed by atoms with van der Waals surface area (Å²) in [5, 5.41) is 8.98. The van der Waals surface area contributed by atoms with Gasteiger partial charge in [0.1, 0.15) is 6.04 Å². The zero-order valence-electron chi connectivity index (χ0n) is 23.6. The number of likely N-dealkylation sites (tertiary alicyclic amines) is 1. The molecule has 5 fully saturated rings. The normalized spacial score (nSPS) is 27.9. The predicted octanol–water partition coefficient (Wildman–Crippen LogP) is 2.91. The fourth-order valence-electron chi connectivity index (χ4n) is 7.74. The van der Waals surface area contributed by atoms with E-state index in [1.165, 1.54) is 0 Å². The molecule has 4 saturated heterocycles. The second kappa shape index (κ2) is 8.97. The average Bonchev–Trinajstić information content (AvgIpc) is 3.76. The number of carbonyl (C=O) groups is 4. The van der Waals surface area contributed by atoms with Gasteiger partial charge in [0, 0.05) is 43.1 Å². The first kappa shape index (κ1) is 25.6. The molecule has 3 aromatic rings. The minimum Gasteiger partial charge on any atom is -0.377 e. The Morgan fingerprint density at radius 1 is 1.12 bits per heavy atom. The summed E-state index contributed by atoms with van der Waals surface area (Å²) in [6.45, 7) is 4.25. The van der Waals surface area contributed by atoms with Gasteiger partial charge in [-0.3, -0.25) is 34.1 Å². The Balaban J connectivity index is 1.01. The molecule has 5 aliphatic heterocycles. The molecule has 6 aliphatic rings. The molecule has 0 spiro atoms. The number of amides is 4. The van der Waals surface area contributed by atoms with E-state index in [1.54, 1.807) is 4.90 Å². The Hall–Kier alpha value is -4.05. The van der Waals surface area contributed by atoms with Crippen molar-refractivity contribution in [2.24, 2.45) is 5.41 Å². The van der Waals surface area contributed by atoms with Crippen LogP contribution in [0.1, 0.15) is 66.9 Å². The first-order valence-corrected chi connectivity index (χ1v) is 14.9. The molecule has 9 rings (SSSR count). The van der Waals surface area contributed by atoms with Crippen LogP contribution in [-0.4, -0.2) is 70.2 Å². The smallest absolute Gasteiger partial charge is 0.259 e. The minimum absolute atomic E-state index is 0.169. The maximum atomic E-state index is 13.5. The summed E-state index contributed by atoms with van der Waals surface area (Å²) in [6, 6.07) is 8.97. The van der Waals surface area contributed by atoms with E-state index in [2.05, 4.69) is 23.1 Å². The third kappa shape index (κ3) is 3.70. The van der Waals surface area contributed by atoms with Crippen molar-refractivity contribution in [3.63, 3.8) is 0 Å². The summed E-state index contributed by atoms with van der Waals surface area (Å²) in [5.41, 5.74) is 3.02. The molecular formula is C32H33N5O5. The summed E-state index contributed by atoms with van der Waals surface area (Å²) in [7, 11) is 0. The summed E-state index contributed by atoms with van der Waals surface area (Å²) < 4.78 is 7.75. The first-order valence-electron chi connectivity index (χ1n) is 14.9. The van der Waals surface area contributed by atoms with E-state index in [1.807, 2.05) is 41.4 Å². The number of hydrogen-bond donors (Lipinski definition) is 1. The van der Waals surface area contributed by atoms with E-state index < -0.39 is 11.9 Å². The largest absolute Gasteiger partial charge is 0.377 e. The molecule has 10 heteroatoms. The second-order valence-corrected chi connectivity index (χ2v) is 13.0. The van der Waals surface area contributed by atoms with Gasteiger partial charge >= 0.3 is 0 Å². The Labute approximate surface area is 243 Å². The third-order valence-electron chi connectivity index (χ3n) is 10.3. The van der Waals surface area contributed by atoms with Gasteiger partial charge in [-0.1, -0.05) is 18.2 Å². The Kier molecular flexibility index (Phi) is 5.48. The van der Waals surface area contributed by atoms with Gasteiger partial charge in [0.2, 0.25) is 17.7 Å². The van der Waals surface area contributed by atoms with Crippen LogP contribution in [0, 0.1) is 5.41 Å². The number of imide groups is 1. The fourth-order valence-corrected chi connectivity index (χ4v) is 7.74. The number of benzene rings is 2. The zero-order chi connectivity index (χ0) is 28.8. The number of ether oxygens (including phenoxy) is 1. The maximum absolute atomic E-state index is 13.5. The number of anilines is 1. The van der Waals surface area contributed by atoms with Crippen molar-refractivity contribution in [1.82, 2.24) is 20.0 Å². The Bertz CT molecular complexity index is 1670. The molecule has 216 valence electrons. The van der Waals surface area contributed by atoms with Gasteiger partial charge in [0.25, 0.3) is 5.91 Å². The number of carbonyl (C=O) groups excluding carboxylic acids is 4. The van der Waals surface area contributed by atoms with Crippen LogP contribution in [0.25, 0.3) is 10.8 Å². The highest BCUT2D eigenvalue weighted by Crippen LogP contribution is 2.51. The number of piperidine rings is 2. The van der Waals surface area contributed by atoms with Crippen molar-refractivity contribution in [1.29, 1.82) is 0 Å². The fraction of sp³-hybridized carbons (Fsp3) is 0.469. The lowest BCUT2D eigenvalue weighted by atomic mass is 9.69. The molecule has 1 aromatic heterocycles. The molecule has 4 amide bonds. The van der Waals surface area contributed by atoms with Gasteiger partial charge in [0.15, 0.2) is 0 Å². The lowest BCUT2D eigenvalue weighted by Gasteiger charge is -2.44. The van der Waals surface area contributed by atoms with Gasteiger partial charge in [0.05, 0.1) is 35.5 Å². The molecule has 42 heavy (non-hydrogen) atoms. The van der Waals surface area contributed by atoms with Crippen LogP contribution in [0.3, 0.4) is 0 Å². The van der Waals surface area contributed by atoms with Crippen LogP contribution >= 0.6 is 0 Å². The molecule has 2 aromatic carbocycles. The van der Waals surface area contributed by atoms with E-state index in [0.717, 1.165) is 66.4 Å². The highest BCUT2D eigenvalue weighted by Gasteiger charge is 2.58. The SMILES string of the molecule is CC1(n2cc(Cc3ccc4c5c(cccc35)C(=O)N4[C@@H]3CCC(=O)NC3=O)cn2)CCN(C(=O)C23COC(C2)C3)CC1. The van der Waals surface area contributed by atoms with E-state index in [-0.39, 0.29) is 41.2 Å². The van der Waals surface area contributed by atoms with E-state index in [9.17, 15) is 19.2 Å². The number of hydrogen-bond acceptors (Lipinski definition) is 6. The molecule has 1 N–H and O–H groups in total. The van der Waals surface area contributed by atoms with Crippen LogP contribution in [-0.2, 0) is 31.1 Å². The molecule has 1 aliphatic carbocycles. The number of nitrogens with zero attached hydrogens (tertiary/aromatic N) is 4. The number of rotatable bonds is 5. The average molecular weight is 568 g/mol. The zero-order valence-corrected chi connectivity index (χ0v) is 23.6. The van der Waals surface area contributed by atoms with Crippen molar-refractivity contribution in [2.75, 3.05) is 24.6 Å². The van der Waals surface area contributed by atoms with Crippen LogP contribution in [0.5, 0.6) is 0 Å². The Morgan fingerprint density at radius 2 is 1.93 bits per heavy atom. The molecule has 1 saturated carbocycles. The van der Waals surface area contributed by atoms with Crippen LogP contribution in [0.15, 0.2) is 42.7 Å². The van der Waals surface area contributed by atoms with Crippen molar-refractivity contribution in [2.45, 2.75) is 69.6 Å². The molecular weight excluding hydrogens is 534 g/mol. The summed E-state index contributed by atoms with van der Waals surface area (Å²) >= 11 is 0. The van der Waals surface area contributed by atoms with Crippen molar-refractivity contribution < 1.29 is 23.9 Å². The van der Waals surface area contributed by atoms with Gasteiger partial charge in [-0.2, -0.15) is 5.10 Å². The lowest BCUT2D eigenvalue weighted by molar-refractivity contribution is -0.146. The first-order chi connectivity index (χ1) is 20.2. The van der Waals surface area contributed by atoms with E-state index >= 15 is 0 Å². The second-order valence-electron chi connectivity index (χ2n) is 13.0.